The first-order valence-electron chi connectivity index (χ1n) is 9.77. The Morgan fingerprint density at radius 2 is 1.96 bits per heavy atom. The van der Waals surface area contributed by atoms with Crippen LogP contribution in [-0.4, -0.2) is 46.5 Å². The predicted octanol–water partition coefficient (Wildman–Crippen LogP) is 3.49. The predicted molar refractivity (Wildman–Crippen MR) is 101 cm³/mol. The Kier molecular flexibility index (Phi) is 5.07. The highest BCUT2D eigenvalue weighted by molar-refractivity contribution is 5.77. The number of hydrogen-bond donors (Lipinski definition) is 0. The van der Waals surface area contributed by atoms with Gasteiger partial charge in [0.2, 0.25) is 5.91 Å². The van der Waals surface area contributed by atoms with Crippen LogP contribution in [0.4, 0.5) is 0 Å². The maximum atomic E-state index is 12.8. The highest BCUT2D eigenvalue weighted by Gasteiger charge is 2.28. The van der Waals surface area contributed by atoms with Gasteiger partial charge in [0, 0.05) is 36.6 Å². The molecule has 5 nitrogen and oxygen atoms in total. The summed E-state index contributed by atoms with van der Waals surface area (Å²) in [5, 5.41) is 4.27. The molecule has 2 aromatic rings. The van der Waals surface area contributed by atoms with E-state index in [-0.39, 0.29) is 5.91 Å². The maximum Gasteiger partial charge on any atom is 0.222 e. The van der Waals surface area contributed by atoms with E-state index in [0.717, 1.165) is 42.0 Å². The van der Waals surface area contributed by atoms with Crippen molar-refractivity contribution in [1.82, 2.24) is 15.0 Å². The zero-order valence-corrected chi connectivity index (χ0v) is 15.5. The molecule has 138 valence electrons. The first-order valence-corrected chi connectivity index (χ1v) is 9.77. The average Bonchev–Trinajstić information content (AvgIpc) is 3.36. The van der Waals surface area contributed by atoms with Gasteiger partial charge in [-0.3, -0.25) is 4.79 Å². The van der Waals surface area contributed by atoms with Gasteiger partial charge in [0.25, 0.3) is 0 Å². The van der Waals surface area contributed by atoms with E-state index in [1.807, 2.05) is 35.2 Å². The van der Waals surface area contributed by atoms with Crippen molar-refractivity contribution in [3.8, 4) is 11.3 Å². The third kappa shape index (κ3) is 3.54. The molecule has 26 heavy (non-hydrogen) atoms. The fourth-order valence-electron chi connectivity index (χ4n) is 4.10. The number of carbonyl (C=O) groups excluding carboxylic acids is 1. The molecule has 2 aliphatic rings. The van der Waals surface area contributed by atoms with E-state index >= 15 is 0 Å². The first-order chi connectivity index (χ1) is 12.7. The molecular formula is C21H27N3O2. The number of benzene rings is 1. The van der Waals surface area contributed by atoms with Crippen molar-refractivity contribution in [2.75, 3.05) is 19.6 Å². The minimum atomic E-state index is 0.252. The van der Waals surface area contributed by atoms with Crippen molar-refractivity contribution in [3.63, 3.8) is 0 Å². The Morgan fingerprint density at radius 3 is 2.73 bits per heavy atom. The van der Waals surface area contributed by atoms with Crippen LogP contribution in [-0.2, 0) is 17.8 Å². The number of amides is 1. The van der Waals surface area contributed by atoms with E-state index in [1.54, 1.807) is 0 Å². The molecule has 0 radical (unpaired) electrons. The molecule has 1 aromatic heterocycles. The lowest BCUT2D eigenvalue weighted by atomic mass is 10.0. The molecule has 1 aromatic carbocycles. The molecule has 0 spiro atoms. The molecule has 1 fully saturated rings. The lowest BCUT2D eigenvalue weighted by molar-refractivity contribution is -0.132. The number of hydrogen-bond acceptors (Lipinski definition) is 4. The van der Waals surface area contributed by atoms with Crippen LogP contribution in [0.25, 0.3) is 11.3 Å². The molecule has 0 bridgehead atoms. The van der Waals surface area contributed by atoms with E-state index in [1.165, 1.54) is 25.9 Å². The fourth-order valence-corrected chi connectivity index (χ4v) is 4.10. The molecular weight excluding hydrogens is 326 g/mol. The lowest BCUT2D eigenvalue weighted by Crippen LogP contribution is -2.37. The Labute approximate surface area is 155 Å². The summed E-state index contributed by atoms with van der Waals surface area (Å²) in [5.74, 6) is 1.18. The van der Waals surface area contributed by atoms with Gasteiger partial charge in [0.05, 0.1) is 6.54 Å². The summed E-state index contributed by atoms with van der Waals surface area (Å²) in [7, 11) is 0. The van der Waals surface area contributed by atoms with Gasteiger partial charge in [0.15, 0.2) is 0 Å². The van der Waals surface area contributed by atoms with E-state index in [4.69, 9.17) is 4.52 Å². The van der Waals surface area contributed by atoms with Crippen LogP contribution in [0.2, 0.25) is 0 Å². The number of fused-ring (bicyclic) bond motifs is 1. The highest BCUT2D eigenvalue weighted by atomic mass is 16.5. The van der Waals surface area contributed by atoms with Crippen LogP contribution in [0.5, 0.6) is 0 Å². The Bertz CT molecular complexity index is 750. The summed E-state index contributed by atoms with van der Waals surface area (Å²) in [5.41, 5.74) is 3.00. The molecule has 2 aliphatic heterocycles. The number of nitrogens with zero attached hydrogens (tertiary/aromatic N) is 3. The van der Waals surface area contributed by atoms with E-state index in [0.29, 0.717) is 19.0 Å². The van der Waals surface area contributed by atoms with Crippen LogP contribution in [0.1, 0.15) is 43.9 Å². The van der Waals surface area contributed by atoms with E-state index in [9.17, 15) is 4.79 Å². The number of carbonyl (C=O) groups is 1. The van der Waals surface area contributed by atoms with Crippen molar-refractivity contribution < 1.29 is 9.32 Å². The van der Waals surface area contributed by atoms with Crippen LogP contribution < -0.4 is 0 Å². The summed E-state index contributed by atoms with van der Waals surface area (Å²) in [6.45, 7) is 5.96. The van der Waals surface area contributed by atoms with Gasteiger partial charge in [-0.15, -0.1) is 0 Å². The average molecular weight is 353 g/mol. The Balaban J connectivity index is 1.40. The quantitative estimate of drug-likeness (QED) is 0.826. The number of rotatable bonds is 5. The van der Waals surface area contributed by atoms with Crippen molar-refractivity contribution in [3.05, 3.63) is 41.7 Å². The third-order valence-electron chi connectivity index (χ3n) is 5.77. The number of likely N-dealkylation sites (tertiary alicyclic amines) is 1. The van der Waals surface area contributed by atoms with Gasteiger partial charge < -0.3 is 14.3 Å². The van der Waals surface area contributed by atoms with Crippen LogP contribution in [0.15, 0.2) is 34.9 Å². The van der Waals surface area contributed by atoms with Crippen molar-refractivity contribution in [1.29, 1.82) is 0 Å². The maximum absolute atomic E-state index is 12.8. The van der Waals surface area contributed by atoms with Crippen LogP contribution in [0.3, 0.4) is 0 Å². The van der Waals surface area contributed by atoms with Crippen molar-refractivity contribution >= 4 is 5.91 Å². The van der Waals surface area contributed by atoms with Gasteiger partial charge in [-0.25, -0.2) is 0 Å². The second-order valence-electron chi connectivity index (χ2n) is 7.50. The summed E-state index contributed by atoms with van der Waals surface area (Å²) >= 11 is 0. The summed E-state index contributed by atoms with van der Waals surface area (Å²) in [6, 6.07) is 10.6. The monoisotopic (exact) mass is 353 g/mol. The van der Waals surface area contributed by atoms with Gasteiger partial charge in [-0.05, 0) is 39.3 Å². The fraction of sp³-hybridized carbons (Fsp3) is 0.524. The Morgan fingerprint density at radius 1 is 1.19 bits per heavy atom. The summed E-state index contributed by atoms with van der Waals surface area (Å²) in [4.78, 5) is 17.2. The molecule has 5 heteroatoms. The van der Waals surface area contributed by atoms with Gasteiger partial charge in [0.1, 0.15) is 11.5 Å². The second-order valence-corrected chi connectivity index (χ2v) is 7.50. The van der Waals surface area contributed by atoms with Gasteiger partial charge in [-0.1, -0.05) is 35.5 Å². The molecule has 3 heterocycles. The third-order valence-corrected chi connectivity index (χ3v) is 5.77. The topological polar surface area (TPSA) is 49.6 Å². The minimum Gasteiger partial charge on any atom is -0.360 e. The van der Waals surface area contributed by atoms with E-state index in [2.05, 4.69) is 17.0 Å². The molecule has 0 aliphatic carbocycles. The van der Waals surface area contributed by atoms with Crippen LogP contribution >= 0.6 is 0 Å². The smallest absolute Gasteiger partial charge is 0.222 e. The largest absolute Gasteiger partial charge is 0.360 e. The Hall–Kier alpha value is -2.14. The minimum absolute atomic E-state index is 0.252. The molecule has 0 saturated carbocycles. The highest BCUT2D eigenvalue weighted by Crippen LogP contribution is 2.30. The first kappa shape index (κ1) is 17.3. The van der Waals surface area contributed by atoms with Crippen molar-refractivity contribution in [2.45, 2.75) is 51.6 Å². The molecule has 0 N–H and O–H groups in total. The van der Waals surface area contributed by atoms with Gasteiger partial charge >= 0.3 is 0 Å². The molecule has 1 atom stereocenters. The zero-order chi connectivity index (χ0) is 17.9. The SMILES string of the molecule is CC(CCC(=O)N1CCc2onc(-c3ccccc3)c2C1)N1CCCC1. The zero-order valence-electron chi connectivity index (χ0n) is 15.5. The molecule has 4 rings (SSSR count). The molecule has 1 unspecified atom stereocenters. The normalized spacial score (nSPS) is 18.7. The van der Waals surface area contributed by atoms with Gasteiger partial charge in [-0.2, -0.15) is 0 Å². The summed E-state index contributed by atoms with van der Waals surface area (Å²) < 4.78 is 5.54. The second kappa shape index (κ2) is 7.62. The standard InChI is InChI=1S/C21H27N3O2/c1-16(23-12-5-6-13-23)9-10-20(25)24-14-11-19-18(15-24)21(22-26-19)17-7-3-2-4-8-17/h2-4,7-8,16H,5-6,9-15H2,1H3. The molecule has 1 amide bonds. The lowest BCUT2D eigenvalue weighted by Gasteiger charge is -2.28. The van der Waals surface area contributed by atoms with Crippen molar-refractivity contribution in [2.24, 2.45) is 0 Å². The summed E-state index contributed by atoms with van der Waals surface area (Å²) in [6.07, 6.45) is 4.91. The molecule has 1 saturated heterocycles. The van der Waals surface area contributed by atoms with E-state index < -0.39 is 0 Å². The number of aromatic nitrogens is 1. The van der Waals surface area contributed by atoms with Crippen LogP contribution in [0, 0.1) is 0 Å².